The summed E-state index contributed by atoms with van der Waals surface area (Å²) in [4.78, 5) is 12.3. The van der Waals surface area contributed by atoms with Crippen LogP contribution in [-0.2, 0) is 19.7 Å². The Bertz CT molecular complexity index is 425. The fourth-order valence-corrected chi connectivity index (χ4v) is 2.79. The predicted octanol–water partition coefficient (Wildman–Crippen LogP) is 3.06. The first kappa shape index (κ1) is 13.6. The number of rotatable bonds is 3. The lowest BCUT2D eigenvalue weighted by Gasteiger charge is -2.35. The van der Waals surface area contributed by atoms with Crippen LogP contribution in [0.1, 0.15) is 25.3 Å². The summed E-state index contributed by atoms with van der Waals surface area (Å²) in [5.41, 5.74) is 0.469. The van der Waals surface area contributed by atoms with Gasteiger partial charge in [0.1, 0.15) is 0 Å². The molecule has 1 aliphatic heterocycles. The summed E-state index contributed by atoms with van der Waals surface area (Å²) in [5, 5.41) is 0. The quantitative estimate of drug-likeness (QED) is 0.805. The molecule has 0 unspecified atom stereocenters. The number of esters is 1. The van der Waals surface area contributed by atoms with Gasteiger partial charge >= 0.3 is 5.97 Å². The van der Waals surface area contributed by atoms with Crippen molar-refractivity contribution < 1.29 is 14.3 Å². The highest BCUT2D eigenvalue weighted by Crippen LogP contribution is 2.37. The molecular weight excluding hydrogens is 296 g/mol. The van der Waals surface area contributed by atoms with Crippen LogP contribution < -0.4 is 0 Å². The molecule has 3 nitrogen and oxygen atoms in total. The Morgan fingerprint density at radius 3 is 2.78 bits per heavy atom. The third-order valence-electron chi connectivity index (χ3n) is 3.39. The Labute approximate surface area is 116 Å². The standard InChI is InChI=1S/C14H17BrO3/c1-2-18-13(16)14(6-8-17-9-7-14)11-4-3-5-12(15)10-11/h3-5,10H,2,6-9H2,1H3. The highest BCUT2D eigenvalue weighted by atomic mass is 79.9. The maximum atomic E-state index is 12.3. The zero-order chi connectivity index (χ0) is 13.0. The molecule has 1 heterocycles. The molecule has 0 atom stereocenters. The van der Waals surface area contributed by atoms with Crippen LogP contribution >= 0.6 is 15.9 Å². The second-order valence-corrected chi connectivity index (χ2v) is 5.34. The number of carbonyl (C=O) groups excluding carboxylic acids is 1. The zero-order valence-corrected chi connectivity index (χ0v) is 12.0. The van der Waals surface area contributed by atoms with Gasteiger partial charge in [-0.05, 0) is 37.5 Å². The monoisotopic (exact) mass is 312 g/mol. The molecule has 1 fully saturated rings. The van der Waals surface area contributed by atoms with Crippen LogP contribution in [0, 0.1) is 0 Å². The van der Waals surface area contributed by atoms with Crippen molar-refractivity contribution in [1.29, 1.82) is 0 Å². The molecule has 1 aliphatic rings. The van der Waals surface area contributed by atoms with Crippen molar-refractivity contribution in [2.45, 2.75) is 25.2 Å². The summed E-state index contributed by atoms with van der Waals surface area (Å²) in [6.45, 7) is 3.46. The first-order chi connectivity index (χ1) is 8.69. The fourth-order valence-electron chi connectivity index (χ4n) is 2.39. The van der Waals surface area contributed by atoms with Crippen LogP contribution in [0.25, 0.3) is 0 Å². The molecule has 4 heteroatoms. The molecule has 0 amide bonds. The van der Waals surface area contributed by atoms with E-state index in [-0.39, 0.29) is 5.97 Å². The van der Waals surface area contributed by atoms with Gasteiger partial charge in [-0.25, -0.2) is 0 Å². The zero-order valence-electron chi connectivity index (χ0n) is 10.4. The summed E-state index contributed by atoms with van der Waals surface area (Å²) in [5.74, 6) is -0.133. The van der Waals surface area contributed by atoms with Gasteiger partial charge in [0.15, 0.2) is 0 Å². The summed E-state index contributed by atoms with van der Waals surface area (Å²) >= 11 is 3.46. The van der Waals surface area contributed by atoms with E-state index in [9.17, 15) is 4.79 Å². The minimum atomic E-state index is -0.544. The van der Waals surface area contributed by atoms with Gasteiger partial charge in [-0.1, -0.05) is 28.1 Å². The second-order valence-electron chi connectivity index (χ2n) is 4.43. The van der Waals surface area contributed by atoms with Gasteiger partial charge in [0, 0.05) is 17.7 Å². The Morgan fingerprint density at radius 2 is 2.17 bits per heavy atom. The topological polar surface area (TPSA) is 35.5 Å². The van der Waals surface area contributed by atoms with Crippen LogP contribution in [0.3, 0.4) is 0 Å². The highest BCUT2D eigenvalue weighted by Gasteiger charge is 2.43. The van der Waals surface area contributed by atoms with Crippen LogP contribution in [0.2, 0.25) is 0 Å². The lowest BCUT2D eigenvalue weighted by atomic mass is 9.74. The molecule has 0 radical (unpaired) electrons. The van der Waals surface area contributed by atoms with E-state index in [1.54, 1.807) is 0 Å². The molecule has 0 N–H and O–H groups in total. The number of benzene rings is 1. The maximum absolute atomic E-state index is 12.3. The average Bonchev–Trinajstić information content (AvgIpc) is 2.40. The van der Waals surface area contributed by atoms with Gasteiger partial charge in [-0.3, -0.25) is 4.79 Å². The van der Waals surface area contributed by atoms with Crippen molar-refractivity contribution in [3.05, 3.63) is 34.3 Å². The van der Waals surface area contributed by atoms with E-state index in [0.29, 0.717) is 32.7 Å². The van der Waals surface area contributed by atoms with Gasteiger partial charge in [0.25, 0.3) is 0 Å². The molecule has 2 rings (SSSR count). The van der Waals surface area contributed by atoms with Gasteiger partial charge in [-0.15, -0.1) is 0 Å². The molecule has 18 heavy (non-hydrogen) atoms. The van der Waals surface area contributed by atoms with Crippen LogP contribution in [0.5, 0.6) is 0 Å². The van der Waals surface area contributed by atoms with E-state index in [1.165, 1.54) is 0 Å². The van der Waals surface area contributed by atoms with Crippen molar-refractivity contribution in [3.63, 3.8) is 0 Å². The predicted molar refractivity (Wildman–Crippen MR) is 72.5 cm³/mol. The molecular formula is C14H17BrO3. The molecule has 0 aliphatic carbocycles. The minimum Gasteiger partial charge on any atom is -0.465 e. The molecule has 0 aromatic heterocycles. The van der Waals surface area contributed by atoms with Gasteiger partial charge < -0.3 is 9.47 Å². The molecule has 0 saturated carbocycles. The molecule has 1 saturated heterocycles. The molecule has 1 aromatic rings. The van der Waals surface area contributed by atoms with Crippen LogP contribution in [-0.4, -0.2) is 25.8 Å². The number of carbonyl (C=O) groups is 1. The lowest BCUT2D eigenvalue weighted by Crippen LogP contribution is -2.42. The first-order valence-electron chi connectivity index (χ1n) is 6.20. The van der Waals surface area contributed by atoms with E-state index in [0.717, 1.165) is 10.0 Å². The van der Waals surface area contributed by atoms with Crippen molar-refractivity contribution in [1.82, 2.24) is 0 Å². The van der Waals surface area contributed by atoms with E-state index in [4.69, 9.17) is 9.47 Å². The van der Waals surface area contributed by atoms with Crippen LogP contribution in [0.15, 0.2) is 28.7 Å². The minimum absolute atomic E-state index is 0.133. The summed E-state index contributed by atoms with van der Waals surface area (Å²) in [6, 6.07) is 7.91. The number of ether oxygens (including phenoxy) is 2. The van der Waals surface area contributed by atoms with E-state index in [1.807, 2.05) is 31.2 Å². The molecule has 0 spiro atoms. The van der Waals surface area contributed by atoms with Gasteiger partial charge in [-0.2, -0.15) is 0 Å². The van der Waals surface area contributed by atoms with Gasteiger partial charge in [0.2, 0.25) is 0 Å². The first-order valence-corrected chi connectivity index (χ1v) is 6.99. The summed E-state index contributed by atoms with van der Waals surface area (Å²) in [6.07, 6.45) is 1.37. The fraction of sp³-hybridized carbons (Fsp3) is 0.500. The van der Waals surface area contributed by atoms with E-state index < -0.39 is 5.41 Å². The Hall–Kier alpha value is -0.870. The second kappa shape index (κ2) is 5.85. The normalized spacial score (nSPS) is 18.3. The average molecular weight is 313 g/mol. The number of hydrogen-bond acceptors (Lipinski definition) is 3. The Morgan fingerprint density at radius 1 is 1.44 bits per heavy atom. The van der Waals surface area contributed by atoms with E-state index >= 15 is 0 Å². The van der Waals surface area contributed by atoms with Crippen molar-refractivity contribution in [2.75, 3.05) is 19.8 Å². The van der Waals surface area contributed by atoms with Crippen molar-refractivity contribution in [2.24, 2.45) is 0 Å². The number of hydrogen-bond donors (Lipinski definition) is 0. The Balaban J connectivity index is 2.38. The molecule has 0 bridgehead atoms. The van der Waals surface area contributed by atoms with Crippen molar-refractivity contribution >= 4 is 21.9 Å². The number of halogens is 1. The van der Waals surface area contributed by atoms with Crippen LogP contribution in [0.4, 0.5) is 0 Å². The smallest absolute Gasteiger partial charge is 0.316 e. The third-order valence-corrected chi connectivity index (χ3v) is 3.88. The maximum Gasteiger partial charge on any atom is 0.316 e. The molecule has 98 valence electrons. The Kier molecular flexibility index (Phi) is 4.40. The SMILES string of the molecule is CCOC(=O)C1(c2cccc(Br)c2)CCOCC1. The lowest BCUT2D eigenvalue weighted by molar-refractivity contribution is -0.154. The van der Waals surface area contributed by atoms with E-state index in [2.05, 4.69) is 15.9 Å². The highest BCUT2D eigenvalue weighted by molar-refractivity contribution is 9.10. The summed E-state index contributed by atoms with van der Waals surface area (Å²) in [7, 11) is 0. The molecule has 1 aromatic carbocycles. The largest absolute Gasteiger partial charge is 0.465 e. The van der Waals surface area contributed by atoms with Gasteiger partial charge in [0.05, 0.1) is 12.0 Å². The third kappa shape index (κ3) is 2.59. The summed E-state index contributed by atoms with van der Waals surface area (Å²) < 4.78 is 11.6. The van der Waals surface area contributed by atoms with Crippen molar-refractivity contribution in [3.8, 4) is 0 Å².